The zero-order valence-electron chi connectivity index (χ0n) is 31.7. The zero-order chi connectivity index (χ0) is 38.9. The van der Waals surface area contributed by atoms with Gasteiger partial charge in [0.25, 0.3) is 0 Å². The highest BCUT2D eigenvalue weighted by atomic mass is 31.2. The molecule has 0 aliphatic heterocycles. The van der Waals surface area contributed by atoms with Crippen LogP contribution in [-0.4, -0.2) is 0 Å². The van der Waals surface area contributed by atoms with Gasteiger partial charge in [0.1, 0.15) is 17.2 Å². The SMILES string of the molecule is c1ccc(-c2cccc(OP(Oc3cccc(-c4ccccc4)c3-c3ccccc3)Oc3cccc(-c4ccccc4)c3-c3ccccc3)c2-c2ccccc2)cc1. The van der Waals surface area contributed by atoms with E-state index >= 15 is 0 Å². The van der Waals surface area contributed by atoms with Crippen LogP contribution in [-0.2, 0) is 0 Å². The Morgan fingerprint density at radius 1 is 0.207 bits per heavy atom. The fourth-order valence-electron chi connectivity index (χ4n) is 7.40. The van der Waals surface area contributed by atoms with Gasteiger partial charge in [-0.1, -0.05) is 218 Å². The number of rotatable bonds is 12. The van der Waals surface area contributed by atoms with Crippen molar-refractivity contribution in [2.75, 3.05) is 0 Å². The maximum absolute atomic E-state index is 7.16. The first-order valence-corrected chi connectivity index (χ1v) is 20.5. The molecule has 0 fully saturated rings. The summed E-state index contributed by atoms with van der Waals surface area (Å²) in [4.78, 5) is 0. The Hall–Kier alpha value is -7.19. The van der Waals surface area contributed by atoms with Crippen molar-refractivity contribution in [1.82, 2.24) is 0 Å². The van der Waals surface area contributed by atoms with E-state index in [0.717, 1.165) is 66.8 Å². The number of benzene rings is 9. The van der Waals surface area contributed by atoms with Crippen LogP contribution < -0.4 is 13.6 Å². The van der Waals surface area contributed by atoms with E-state index in [4.69, 9.17) is 13.6 Å². The molecule has 0 atom stereocenters. The highest BCUT2D eigenvalue weighted by Gasteiger charge is 2.28. The predicted octanol–water partition coefficient (Wildman–Crippen LogP) is 15.5. The maximum Gasteiger partial charge on any atom is 0.530 e. The summed E-state index contributed by atoms with van der Waals surface area (Å²) in [5, 5.41) is 0. The van der Waals surface area contributed by atoms with Gasteiger partial charge in [0.05, 0.1) is 0 Å². The molecule has 0 saturated carbocycles. The highest BCUT2D eigenvalue weighted by Crippen LogP contribution is 2.52. The average molecular weight is 767 g/mol. The molecule has 9 aromatic rings. The Labute approximate surface area is 341 Å². The van der Waals surface area contributed by atoms with Crippen LogP contribution in [0.3, 0.4) is 0 Å². The lowest BCUT2D eigenvalue weighted by Crippen LogP contribution is -2.06. The molecule has 0 spiro atoms. The van der Waals surface area contributed by atoms with Gasteiger partial charge in [-0.3, -0.25) is 0 Å². The molecular weight excluding hydrogens is 728 g/mol. The zero-order valence-corrected chi connectivity index (χ0v) is 32.6. The van der Waals surface area contributed by atoms with Gasteiger partial charge in [-0.2, -0.15) is 0 Å². The van der Waals surface area contributed by atoms with Crippen molar-refractivity contribution in [3.63, 3.8) is 0 Å². The van der Waals surface area contributed by atoms with Crippen LogP contribution in [0.25, 0.3) is 66.8 Å². The van der Waals surface area contributed by atoms with E-state index in [-0.39, 0.29) is 0 Å². The van der Waals surface area contributed by atoms with Crippen LogP contribution in [0.5, 0.6) is 17.2 Å². The predicted molar refractivity (Wildman–Crippen MR) is 241 cm³/mol. The first-order chi connectivity index (χ1) is 28.8. The van der Waals surface area contributed by atoms with Crippen molar-refractivity contribution >= 4 is 8.60 Å². The third kappa shape index (κ3) is 7.90. The van der Waals surface area contributed by atoms with E-state index in [9.17, 15) is 0 Å². The third-order valence-corrected chi connectivity index (χ3v) is 11.1. The molecule has 0 aliphatic rings. The molecular formula is C54H39O3P. The van der Waals surface area contributed by atoms with Gasteiger partial charge in [0.15, 0.2) is 0 Å². The van der Waals surface area contributed by atoms with E-state index in [1.165, 1.54) is 0 Å². The van der Waals surface area contributed by atoms with Crippen molar-refractivity contribution in [2.24, 2.45) is 0 Å². The molecule has 4 heteroatoms. The van der Waals surface area contributed by atoms with Gasteiger partial charge in [0, 0.05) is 16.7 Å². The minimum atomic E-state index is -2.15. The summed E-state index contributed by atoms with van der Waals surface area (Å²) in [5.74, 6) is 1.96. The molecule has 9 rings (SSSR count). The molecule has 0 heterocycles. The van der Waals surface area contributed by atoms with E-state index in [1.807, 2.05) is 72.8 Å². The summed E-state index contributed by atoms with van der Waals surface area (Å²) in [6.45, 7) is 0. The Morgan fingerprint density at radius 3 is 0.672 bits per heavy atom. The Bertz CT molecular complexity index is 2420. The van der Waals surface area contributed by atoms with Crippen LogP contribution in [0.4, 0.5) is 0 Å². The van der Waals surface area contributed by atoms with E-state index in [1.54, 1.807) is 0 Å². The summed E-state index contributed by atoms with van der Waals surface area (Å²) in [6, 6.07) is 80.9. The van der Waals surface area contributed by atoms with Crippen molar-refractivity contribution < 1.29 is 13.6 Å². The van der Waals surface area contributed by atoms with E-state index in [0.29, 0.717) is 17.2 Å². The Kier molecular flexibility index (Phi) is 10.9. The topological polar surface area (TPSA) is 27.7 Å². The molecule has 0 amide bonds. The van der Waals surface area contributed by atoms with E-state index in [2.05, 4.69) is 164 Å². The van der Waals surface area contributed by atoms with Crippen LogP contribution >= 0.6 is 8.60 Å². The minimum absolute atomic E-state index is 0.652. The van der Waals surface area contributed by atoms with Crippen molar-refractivity contribution in [2.45, 2.75) is 0 Å². The normalized spacial score (nSPS) is 10.9. The second-order valence-corrected chi connectivity index (χ2v) is 14.7. The quantitative estimate of drug-likeness (QED) is 0.116. The van der Waals surface area contributed by atoms with Crippen LogP contribution in [0, 0.1) is 0 Å². The Morgan fingerprint density at radius 2 is 0.431 bits per heavy atom. The first kappa shape index (κ1) is 36.4. The molecule has 0 bridgehead atoms. The second kappa shape index (κ2) is 17.3. The fourth-order valence-corrected chi connectivity index (χ4v) is 8.45. The molecule has 0 N–H and O–H groups in total. The van der Waals surface area contributed by atoms with Crippen molar-refractivity contribution in [1.29, 1.82) is 0 Å². The summed E-state index contributed by atoms with van der Waals surface area (Å²) in [7, 11) is -2.15. The third-order valence-electron chi connectivity index (χ3n) is 10.0. The number of hydrogen-bond donors (Lipinski definition) is 0. The summed E-state index contributed by atoms with van der Waals surface area (Å²) >= 11 is 0. The molecule has 0 aliphatic carbocycles. The van der Waals surface area contributed by atoms with Gasteiger partial charge < -0.3 is 13.6 Å². The van der Waals surface area contributed by atoms with Crippen LogP contribution in [0.15, 0.2) is 237 Å². The van der Waals surface area contributed by atoms with Crippen molar-refractivity contribution in [3.05, 3.63) is 237 Å². The molecule has 3 nitrogen and oxygen atoms in total. The fraction of sp³-hybridized carbons (Fsp3) is 0. The second-order valence-electron chi connectivity index (χ2n) is 13.7. The molecule has 0 saturated heterocycles. The van der Waals surface area contributed by atoms with Gasteiger partial charge in [-0.05, 0) is 68.3 Å². The molecule has 9 aromatic carbocycles. The molecule has 0 aromatic heterocycles. The van der Waals surface area contributed by atoms with Gasteiger partial charge in [0.2, 0.25) is 0 Å². The molecule has 0 radical (unpaired) electrons. The van der Waals surface area contributed by atoms with Gasteiger partial charge in [-0.15, -0.1) is 0 Å². The monoisotopic (exact) mass is 766 g/mol. The average Bonchev–Trinajstić information content (AvgIpc) is 3.30. The molecule has 0 unspecified atom stereocenters. The van der Waals surface area contributed by atoms with Gasteiger partial charge >= 0.3 is 8.60 Å². The van der Waals surface area contributed by atoms with E-state index < -0.39 is 8.60 Å². The summed E-state index contributed by atoms with van der Waals surface area (Å²) in [5.41, 5.74) is 12.3. The Balaban J connectivity index is 1.23. The summed E-state index contributed by atoms with van der Waals surface area (Å²) in [6.07, 6.45) is 0. The largest absolute Gasteiger partial charge is 0.530 e. The lowest BCUT2D eigenvalue weighted by Gasteiger charge is -2.24. The lowest BCUT2D eigenvalue weighted by molar-refractivity contribution is 0.390. The van der Waals surface area contributed by atoms with Gasteiger partial charge in [-0.25, -0.2) is 0 Å². The standard InChI is InChI=1S/C54H39O3P/c1-7-22-40(23-8-1)46-34-19-37-49(52(46)43-28-13-4-14-29-43)55-58(56-50-38-20-35-47(41-24-9-2-10-25-41)53(50)44-30-15-5-16-31-44)57-51-39-21-36-48(42-26-11-3-12-27-42)54(51)45-32-17-6-18-33-45/h1-39H. The van der Waals surface area contributed by atoms with Crippen LogP contribution in [0.1, 0.15) is 0 Å². The minimum Gasteiger partial charge on any atom is -0.408 e. The van der Waals surface area contributed by atoms with Crippen molar-refractivity contribution in [3.8, 4) is 84.0 Å². The first-order valence-electron chi connectivity index (χ1n) is 19.4. The summed E-state index contributed by atoms with van der Waals surface area (Å²) < 4.78 is 21.5. The highest BCUT2D eigenvalue weighted by molar-refractivity contribution is 7.43. The molecule has 278 valence electrons. The maximum atomic E-state index is 7.16. The number of hydrogen-bond acceptors (Lipinski definition) is 3. The smallest absolute Gasteiger partial charge is 0.408 e. The van der Waals surface area contributed by atoms with Crippen LogP contribution in [0.2, 0.25) is 0 Å². The lowest BCUT2D eigenvalue weighted by atomic mass is 9.94. The molecule has 58 heavy (non-hydrogen) atoms.